The van der Waals surface area contributed by atoms with Gasteiger partial charge in [0.15, 0.2) is 0 Å². The normalized spacial score (nSPS) is 12.7. The third kappa shape index (κ3) is 4.42. The largest absolute Gasteiger partial charge is 0.385 e. The zero-order valence-electron chi connectivity index (χ0n) is 11.6. The molecule has 1 aromatic rings. The first-order valence-electron chi connectivity index (χ1n) is 6.25. The number of nitrogens with two attached hydrogens (primary N) is 1. The molecule has 0 heterocycles. The molecule has 0 aliphatic carbocycles. The molecule has 114 valence electrons. The van der Waals surface area contributed by atoms with Crippen molar-refractivity contribution in [2.45, 2.75) is 30.9 Å². The fourth-order valence-electron chi connectivity index (χ4n) is 1.69. The first-order valence-corrected chi connectivity index (χ1v) is 7.80. The second kappa shape index (κ2) is 6.49. The van der Waals surface area contributed by atoms with Crippen LogP contribution in [-0.4, -0.2) is 27.3 Å². The van der Waals surface area contributed by atoms with Crippen LogP contribution in [0.2, 0.25) is 0 Å². The van der Waals surface area contributed by atoms with Gasteiger partial charge in [-0.1, -0.05) is 13.8 Å². The monoisotopic (exact) mass is 306 g/mol. The number of sulfone groups is 1. The first kappa shape index (κ1) is 16.8. The van der Waals surface area contributed by atoms with Crippen molar-refractivity contribution in [2.24, 2.45) is 11.1 Å². The second-order valence-electron chi connectivity index (χ2n) is 5.39. The molecule has 0 saturated heterocycles. The fourth-order valence-corrected chi connectivity index (χ4v) is 2.41. The molecular formula is C13H20F2N2O2S. The highest BCUT2D eigenvalue weighted by atomic mass is 32.2. The minimum atomic E-state index is -4.52. The van der Waals surface area contributed by atoms with Crippen LogP contribution in [0.25, 0.3) is 0 Å². The molecule has 20 heavy (non-hydrogen) atoms. The quantitative estimate of drug-likeness (QED) is 0.811. The van der Waals surface area contributed by atoms with Gasteiger partial charge in [-0.2, -0.15) is 8.78 Å². The Kier molecular flexibility index (Phi) is 5.47. The van der Waals surface area contributed by atoms with E-state index in [1.165, 1.54) is 24.3 Å². The van der Waals surface area contributed by atoms with Crippen molar-refractivity contribution in [2.75, 3.05) is 18.4 Å². The maximum atomic E-state index is 12.4. The van der Waals surface area contributed by atoms with E-state index in [0.717, 1.165) is 6.42 Å². The molecule has 0 fully saturated rings. The van der Waals surface area contributed by atoms with Gasteiger partial charge in [0.25, 0.3) is 0 Å². The zero-order chi connectivity index (χ0) is 15.4. The Hall–Kier alpha value is -1.21. The van der Waals surface area contributed by atoms with Gasteiger partial charge in [0.05, 0.1) is 4.90 Å². The van der Waals surface area contributed by atoms with Gasteiger partial charge in [-0.3, -0.25) is 0 Å². The van der Waals surface area contributed by atoms with E-state index in [1.807, 2.05) is 0 Å². The Bertz CT molecular complexity index is 528. The van der Waals surface area contributed by atoms with E-state index in [2.05, 4.69) is 19.2 Å². The van der Waals surface area contributed by atoms with Crippen molar-refractivity contribution in [3.05, 3.63) is 24.3 Å². The molecule has 0 spiro atoms. The van der Waals surface area contributed by atoms with Crippen molar-refractivity contribution >= 4 is 15.5 Å². The molecule has 1 aromatic carbocycles. The van der Waals surface area contributed by atoms with Gasteiger partial charge in [-0.05, 0) is 42.6 Å². The van der Waals surface area contributed by atoms with Crippen LogP contribution in [0.15, 0.2) is 29.2 Å². The number of halogens is 2. The van der Waals surface area contributed by atoms with Crippen molar-refractivity contribution in [3.8, 4) is 0 Å². The average Bonchev–Trinajstić information content (AvgIpc) is 2.37. The number of anilines is 1. The van der Waals surface area contributed by atoms with Crippen LogP contribution in [0.1, 0.15) is 20.3 Å². The number of rotatable bonds is 7. The van der Waals surface area contributed by atoms with Crippen LogP contribution < -0.4 is 11.1 Å². The molecule has 0 atom stereocenters. The molecule has 0 aliphatic rings. The summed E-state index contributed by atoms with van der Waals surface area (Å²) in [6.45, 7) is 5.36. The summed E-state index contributed by atoms with van der Waals surface area (Å²) in [5, 5.41) is 3.14. The molecule has 0 aliphatic heterocycles. The van der Waals surface area contributed by atoms with E-state index in [4.69, 9.17) is 5.73 Å². The predicted octanol–water partition coefficient (Wildman–Crippen LogP) is 2.47. The molecule has 0 amide bonds. The summed E-state index contributed by atoms with van der Waals surface area (Å²) in [5.41, 5.74) is 6.20. The highest BCUT2D eigenvalue weighted by molar-refractivity contribution is 7.91. The summed E-state index contributed by atoms with van der Waals surface area (Å²) in [7, 11) is -4.52. The van der Waals surface area contributed by atoms with Gasteiger partial charge in [0.1, 0.15) is 0 Å². The minimum Gasteiger partial charge on any atom is -0.385 e. The van der Waals surface area contributed by atoms with E-state index in [9.17, 15) is 17.2 Å². The minimum absolute atomic E-state index is 0.00245. The molecule has 0 saturated carbocycles. The summed E-state index contributed by atoms with van der Waals surface area (Å²) < 4.78 is 47.3. The van der Waals surface area contributed by atoms with Gasteiger partial charge in [0, 0.05) is 12.2 Å². The van der Waals surface area contributed by atoms with Crippen LogP contribution >= 0.6 is 0 Å². The predicted molar refractivity (Wildman–Crippen MR) is 75.6 cm³/mol. The lowest BCUT2D eigenvalue weighted by Gasteiger charge is -2.24. The van der Waals surface area contributed by atoms with Crippen LogP contribution in [-0.2, 0) is 9.84 Å². The van der Waals surface area contributed by atoms with Gasteiger partial charge in [0.2, 0.25) is 9.84 Å². The SMILES string of the molecule is CC(C)(CCN)CNc1ccc(S(=O)(=O)C(F)F)cc1. The number of hydrogen-bond donors (Lipinski definition) is 2. The molecule has 4 nitrogen and oxygen atoms in total. The molecule has 0 unspecified atom stereocenters. The molecule has 7 heteroatoms. The lowest BCUT2D eigenvalue weighted by molar-refractivity contribution is 0.234. The topological polar surface area (TPSA) is 72.2 Å². The molecule has 0 bridgehead atoms. The molecule has 3 N–H and O–H groups in total. The third-order valence-corrected chi connectivity index (χ3v) is 4.41. The van der Waals surface area contributed by atoms with Crippen molar-refractivity contribution in [3.63, 3.8) is 0 Å². The number of alkyl halides is 2. The van der Waals surface area contributed by atoms with Crippen molar-refractivity contribution in [1.29, 1.82) is 0 Å². The lowest BCUT2D eigenvalue weighted by atomic mass is 9.89. The Labute approximate surface area is 118 Å². The van der Waals surface area contributed by atoms with E-state index in [-0.39, 0.29) is 10.3 Å². The van der Waals surface area contributed by atoms with Crippen LogP contribution in [0, 0.1) is 5.41 Å². The van der Waals surface area contributed by atoms with E-state index >= 15 is 0 Å². The lowest BCUT2D eigenvalue weighted by Crippen LogP contribution is -2.26. The maximum Gasteiger partial charge on any atom is 0.341 e. The fraction of sp³-hybridized carbons (Fsp3) is 0.538. The average molecular weight is 306 g/mol. The number of benzene rings is 1. The Morgan fingerprint density at radius 1 is 1.25 bits per heavy atom. The maximum absolute atomic E-state index is 12.4. The van der Waals surface area contributed by atoms with Crippen molar-refractivity contribution < 1.29 is 17.2 Å². The highest BCUT2D eigenvalue weighted by Gasteiger charge is 2.26. The van der Waals surface area contributed by atoms with Crippen molar-refractivity contribution in [1.82, 2.24) is 0 Å². The molecular weight excluding hydrogens is 286 g/mol. The van der Waals surface area contributed by atoms with Gasteiger partial charge >= 0.3 is 5.76 Å². The number of hydrogen-bond acceptors (Lipinski definition) is 4. The summed E-state index contributed by atoms with van der Waals surface area (Å²) in [6, 6.07) is 5.32. The summed E-state index contributed by atoms with van der Waals surface area (Å²) >= 11 is 0. The van der Waals surface area contributed by atoms with Gasteiger partial charge in [-0.25, -0.2) is 8.42 Å². The molecule has 0 aromatic heterocycles. The summed E-state index contributed by atoms with van der Waals surface area (Å²) in [4.78, 5) is -0.376. The Balaban J connectivity index is 2.74. The Morgan fingerprint density at radius 2 is 1.80 bits per heavy atom. The van der Waals surface area contributed by atoms with Crippen LogP contribution in [0.5, 0.6) is 0 Å². The molecule has 1 rings (SSSR count). The van der Waals surface area contributed by atoms with Crippen LogP contribution in [0.4, 0.5) is 14.5 Å². The summed E-state index contributed by atoms with van der Waals surface area (Å²) in [6.07, 6.45) is 0.845. The Morgan fingerprint density at radius 3 is 2.25 bits per heavy atom. The second-order valence-corrected chi connectivity index (χ2v) is 7.30. The smallest absolute Gasteiger partial charge is 0.341 e. The highest BCUT2D eigenvalue weighted by Crippen LogP contribution is 2.23. The zero-order valence-corrected chi connectivity index (χ0v) is 12.4. The first-order chi connectivity index (χ1) is 9.19. The summed E-state index contributed by atoms with van der Waals surface area (Å²) in [5.74, 6) is -3.40. The molecule has 0 radical (unpaired) electrons. The van der Waals surface area contributed by atoms with Gasteiger partial charge in [-0.15, -0.1) is 0 Å². The standard InChI is InChI=1S/C13H20F2N2O2S/c1-13(2,7-8-16)9-17-10-3-5-11(6-4-10)20(18,19)12(14)15/h3-6,12,17H,7-9,16H2,1-2H3. The van der Waals surface area contributed by atoms with E-state index in [0.29, 0.717) is 18.8 Å². The third-order valence-electron chi connectivity index (χ3n) is 3.01. The number of nitrogens with one attached hydrogen (secondary N) is 1. The van der Waals surface area contributed by atoms with Gasteiger partial charge < -0.3 is 11.1 Å². The van der Waals surface area contributed by atoms with E-state index in [1.54, 1.807) is 0 Å². The van der Waals surface area contributed by atoms with Crippen LogP contribution in [0.3, 0.4) is 0 Å². The van der Waals surface area contributed by atoms with E-state index < -0.39 is 15.6 Å².